The minimum absolute atomic E-state index is 0.0688. The fourth-order valence-corrected chi connectivity index (χ4v) is 2.34. The average Bonchev–Trinajstić information content (AvgIpc) is 2.33. The number of anilines is 1. The molecule has 5 heteroatoms. The molecule has 0 spiro atoms. The Hall–Kier alpha value is -0.320. The van der Waals surface area contributed by atoms with Gasteiger partial charge in [-0.3, -0.25) is 0 Å². The van der Waals surface area contributed by atoms with E-state index in [1.807, 2.05) is 12.1 Å². The highest BCUT2D eigenvalue weighted by atomic mass is 79.9. The molecule has 0 unspecified atom stereocenters. The van der Waals surface area contributed by atoms with Crippen LogP contribution in [0, 0.1) is 0 Å². The Kier molecular flexibility index (Phi) is 4.05. The molecule has 0 bridgehead atoms. The lowest BCUT2D eigenvalue weighted by molar-refractivity contribution is 0.0666. The maximum absolute atomic E-state index is 6.06. The van der Waals surface area contributed by atoms with Crippen molar-refractivity contribution in [3.05, 3.63) is 22.8 Å². The summed E-state index contributed by atoms with van der Waals surface area (Å²) in [6.45, 7) is 1.52. The van der Waals surface area contributed by atoms with Crippen molar-refractivity contribution in [2.24, 2.45) is 0 Å². The van der Waals surface area contributed by atoms with Crippen molar-refractivity contribution in [1.29, 1.82) is 0 Å². The number of alkyl halides is 1. The van der Waals surface area contributed by atoms with Crippen LogP contribution in [-0.2, 0) is 4.74 Å². The van der Waals surface area contributed by atoms with Crippen LogP contribution >= 0.6 is 27.5 Å². The molecule has 0 aliphatic carbocycles. The summed E-state index contributed by atoms with van der Waals surface area (Å²) in [5.41, 5.74) is -0.0688. The lowest BCUT2D eigenvalue weighted by Gasteiger charge is -2.36. The third kappa shape index (κ3) is 2.87. The topological polar surface area (TPSA) is 34.2 Å². The lowest BCUT2D eigenvalue weighted by Crippen LogP contribution is -2.45. The zero-order valence-corrected chi connectivity index (χ0v) is 11.2. The van der Waals surface area contributed by atoms with Gasteiger partial charge in [0.1, 0.15) is 5.82 Å². The average molecular weight is 306 g/mol. The quantitative estimate of drug-likeness (QED) is 0.872. The van der Waals surface area contributed by atoms with E-state index in [0.717, 1.165) is 36.3 Å². The Morgan fingerprint density at radius 1 is 1.44 bits per heavy atom. The van der Waals surface area contributed by atoms with Gasteiger partial charge in [-0.1, -0.05) is 0 Å². The van der Waals surface area contributed by atoms with Crippen LogP contribution < -0.4 is 5.32 Å². The molecular formula is C11H14BrClN2O. The number of nitrogens with one attached hydrogen (secondary N) is 1. The second-order valence-electron chi connectivity index (χ2n) is 4.01. The highest BCUT2D eigenvalue weighted by Crippen LogP contribution is 2.26. The molecule has 1 aromatic rings. The molecule has 1 aromatic heterocycles. The molecule has 3 nitrogen and oxygen atoms in total. The van der Waals surface area contributed by atoms with E-state index in [2.05, 4.69) is 26.2 Å². The van der Waals surface area contributed by atoms with Gasteiger partial charge in [-0.15, -0.1) is 11.6 Å². The monoisotopic (exact) mass is 304 g/mol. The number of nitrogens with zero attached hydrogens (tertiary/aromatic N) is 1. The maximum atomic E-state index is 6.06. The van der Waals surface area contributed by atoms with Crippen molar-refractivity contribution in [1.82, 2.24) is 4.98 Å². The minimum atomic E-state index is -0.0688. The fraction of sp³-hybridized carbons (Fsp3) is 0.545. The van der Waals surface area contributed by atoms with Crippen molar-refractivity contribution in [2.45, 2.75) is 18.4 Å². The van der Waals surface area contributed by atoms with Gasteiger partial charge in [0.25, 0.3) is 0 Å². The van der Waals surface area contributed by atoms with Gasteiger partial charge in [0.2, 0.25) is 0 Å². The van der Waals surface area contributed by atoms with Gasteiger partial charge in [-0.05, 0) is 40.9 Å². The molecule has 1 aliphatic heterocycles. The summed E-state index contributed by atoms with van der Waals surface area (Å²) in [6, 6.07) is 3.92. The molecule has 16 heavy (non-hydrogen) atoms. The Balaban J connectivity index is 2.08. The van der Waals surface area contributed by atoms with Crippen LogP contribution in [0.4, 0.5) is 5.82 Å². The van der Waals surface area contributed by atoms with Gasteiger partial charge in [0, 0.05) is 29.8 Å². The number of hydrogen-bond donors (Lipinski definition) is 1. The molecule has 2 rings (SSSR count). The largest absolute Gasteiger partial charge is 0.381 e. The molecule has 1 fully saturated rings. The first kappa shape index (κ1) is 12.1. The first-order chi connectivity index (χ1) is 7.74. The van der Waals surface area contributed by atoms with Crippen molar-refractivity contribution < 1.29 is 4.74 Å². The number of rotatable bonds is 3. The van der Waals surface area contributed by atoms with Crippen LogP contribution in [0.2, 0.25) is 0 Å². The van der Waals surface area contributed by atoms with Crippen molar-refractivity contribution >= 4 is 33.3 Å². The highest BCUT2D eigenvalue weighted by Gasteiger charge is 2.31. The van der Waals surface area contributed by atoms with E-state index in [-0.39, 0.29) is 5.54 Å². The lowest BCUT2D eigenvalue weighted by atomic mass is 9.92. The number of aromatic nitrogens is 1. The van der Waals surface area contributed by atoms with Crippen LogP contribution in [0.5, 0.6) is 0 Å². The van der Waals surface area contributed by atoms with Crippen molar-refractivity contribution in [2.75, 3.05) is 24.4 Å². The summed E-state index contributed by atoms with van der Waals surface area (Å²) in [4.78, 5) is 4.31. The van der Waals surface area contributed by atoms with E-state index < -0.39 is 0 Å². The molecule has 0 aromatic carbocycles. The van der Waals surface area contributed by atoms with Gasteiger partial charge >= 0.3 is 0 Å². The predicted molar refractivity (Wildman–Crippen MR) is 69.1 cm³/mol. The van der Waals surface area contributed by atoms with Crippen molar-refractivity contribution in [3.8, 4) is 0 Å². The molecule has 0 radical (unpaired) electrons. The van der Waals surface area contributed by atoms with Crippen molar-refractivity contribution in [3.63, 3.8) is 0 Å². The van der Waals surface area contributed by atoms with Gasteiger partial charge in [0.05, 0.1) is 5.54 Å². The third-order valence-corrected chi connectivity index (χ3v) is 3.81. The molecular weight excluding hydrogens is 291 g/mol. The van der Waals surface area contributed by atoms with Crippen LogP contribution in [0.3, 0.4) is 0 Å². The summed E-state index contributed by atoms with van der Waals surface area (Å²) < 4.78 is 6.33. The smallest absolute Gasteiger partial charge is 0.126 e. The second-order valence-corrected chi connectivity index (χ2v) is 5.20. The number of hydrogen-bond acceptors (Lipinski definition) is 3. The summed E-state index contributed by atoms with van der Waals surface area (Å²) in [5, 5.41) is 3.43. The molecule has 0 atom stereocenters. The van der Waals surface area contributed by atoms with E-state index in [0.29, 0.717) is 5.88 Å². The Bertz CT molecular complexity index is 338. The van der Waals surface area contributed by atoms with Crippen LogP contribution in [-0.4, -0.2) is 29.6 Å². The van der Waals surface area contributed by atoms with E-state index in [1.165, 1.54) is 0 Å². The highest BCUT2D eigenvalue weighted by molar-refractivity contribution is 9.10. The van der Waals surface area contributed by atoms with Crippen LogP contribution in [0.1, 0.15) is 12.8 Å². The standard InChI is InChI=1S/C11H14BrClN2O/c12-9-1-2-10(14-7-9)15-11(8-13)3-5-16-6-4-11/h1-2,7H,3-6,8H2,(H,14,15). The molecule has 0 amide bonds. The molecule has 88 valence electrons. The number of halogens is 2. The summed E-state index contributed by atoms with van der Waals surface area (Å²) >= 11 is 9.43. The van der Waals surface area contributed by atoms with E-state index in [9.17, 15) is 0 Å². The Morgan fingerprint density at radius 2 is 2.19 bits per heavy atom. The molecule has 1 saturated heterocycles. The second kappa shape index (κ2) is 5.34. The van der Waals surface area contributed by atoms with E-state index in [4.69, 9.17) is 16.3 Å². The summed E-state index contributed by atoms with van der Waals surface area (Å²) in [5.74, 6) is 1.44. The molecule has 0 saturated carbocycles. The SMILES string of the molecule is ClCC1(Nc2ccc(Br)cn2)CCOCC1. The Labute approximate surface area is 109 Å². The number of pyridine rings is 1. The van der Waals surface area contributed by atoms with Gasteiger partial charge in [-0.2, -0.15) is 0 Å². The number of ether oxygens (including phenoxy) is 1. The Morgan fingerprint density at radius 3 is 2.75 bits per heavy atom. The minimum Gasteiger partial charge on any atom is -0.381 e. The molecule has 1 N–H and O–H groups in total. The van der Waals surface area contributed by atoms with Crippen LogP contribution in [0.25, 0.3) is 0 Å². The normalized spacial score (nSPS) is 19.4. The first-order valence-electron chi connectivity index (χ1n) is 5.28. The van der Waals surface area contributed by atoms with Gasteiger partial charge in [-0.25, -0.2) is 4.98 Å². The van der Waals surface area contributed by atoms with E-state index >= 15 is 0 Å². The fourth-order valence-electron chi connectivity index (χ4n) is 1.78. The third-order valence-electron chi connectivity index (χ3n) is 2.83. The van der Waals surface area contributed by atoms with Gasteiger partial charge in [0.15, 0.2) is 0 Å². The van der Waals surface area contributed by atoms with Gasteiger partial charge < -0.3 is 10.1 Å². The van der Waals surface area contributed by atoms with Crippen LogP contribution in [0.15, 0.2) is 22.8 Å². The van der Waals surface area contributed by atoms with E-state index in [1.54, 1.807) is 6.20 Å². The first-order valence-corrected chi connectivity index (χ1v) is 6.60. The molecule has 1 aliphatic rings. The summed E-state index contributed by atoms with van der Waals surface area (Å²) in [6.07, 6.45) is 3.63. The molecule has 2 heterocycles. The predicted octanol–water partition coefficient (Wildman–Crippen LogP) is 3.04. The summed E-state index contributed by atoms with van der Waals surface area (Å²) in [7, 11) is 0. The maximum Gasteiger partial charge on any atom is 0.126 e. The zero-order valence-electron chi connectivity index (χ0n) is 8.88. The zero-order chi connectivity index (χ0) is 11.4.